The van der Waals surface area contributed by atoms with Crippen molar-refractivity contribution >= 4 is 34.7 Å². The topological polar surface area (TPSA) is 99.9 Å². The first-order valence-electron chi connectivity index (χ1n) is 10.9. The van der Waals surface area contributed by atoms with Gasteiger partial charge in [-0.3, -0.25) is 4.90 Å². The van der Waals surface area contributed by atoms with Gasteiger partial charge >= 0.3 is 6.09 Å². The van der Waals surface area contributed by atoms with Crippen LogP contribution in [0.4, 0.5) is 10.6 Å². The molecule has 0 unspecified atom stereocenters. The van der Waals surface area contributed by atoms with E-state index in [4.69, 9.17) is 21.3 Å². The van der Waals surface area contributed by atoms with E-state index in [-0.39, 0.29) is 17.2 Å². The number of morpholine rings is 1. The van der Waals surface area contributed by atoms with Crippen LogP contribution in [0.3, 0.4) is 0 Å². The summed E-state index contributed by atoms with van der Waals surface area (Å²) in [6.45, 7) is 12.2. The third kappa shape index (κ3) is 4.42. The average molecular weight is 452 g/mol. The molecule has 4 heterocycles. The van der Waals surface area contributed by atoms with Crippen LogP contribution >= 0.6 is 11.6 Å². The zero-order valence-electron chi connectivity index (χ0n) is 18.3. The molecule has 2 aromatic heterocycles. The van der Waals surface area contributed by atoms with Gasteiger partial charge in [0.15, 0.2) is 17.0 Å². The van der Waals surface area contributed by atoms with E-state index in [0.29, 0.717) is 45.9 Å². The van der Waals surface area contributed by atoms with Crippen molar-refractivity contribution in [1.82, 2.24) is 29.3 Å². The van der Waals surface area contributed by atoms with E-state index in [2.05, 4.69) is 45.1 Å². The third-order valence-electron chi connectivity index (χ3n) is 6.14. The minimum Gasteiger partial charge on any atom is -0.465 e. The number of anilines is 1. The molecule has 0 radical (unpaired) electrons. The molecule has 4 rings (SSSR count). The Bertz CT molecular complexity index is 944. The number of rotatable bonds is 5. The highest BCUT2D eigenvalue weighted by Gasteiger charge is 2.33. The fourth-order valence-corrected chi connectivity index (χ4v) is 4.64. The first-order chi connectivity index (χ1) is 14.9. The highest BCUT2D eigenvalue weighted by Crippen LogP contribution is 2.28. The molecular formula is C20H30ClN7O3. The van der Waals surface area contributed by atoms with Crippen LogP contribution in [0.5, 0.6) is 0 Å². The van der Waals surface area contributed by atoms with Crippen LogP contribution in [-0.2, 0) is 17.8 Å². The molecule has 10 nitrogen and oxygen atoms in total. The van der Waals surface area contributed by atoms with E-state index in [9.17, 15) is 9.90 Å². The number of hydrogen-bond acceptors (Lipinski definition) is 7. The normalized spacial score (nSPS) is 20.7. The predicted molar refractivity (Wildman–Crippen MR) is 118 cm³/mol. The van der Waals surface area contributed by atoms with E-state index >= 15 is 0 Å². The molecule has 1 amide bonds. The molecule has 2 fully saturated rings. The minimum absolute atomic E-state index is 0.0381. The maximum Gasteiger partial charge on any atom is 0.407 e. The lowest BCUT2D eigenvalue weighted by Crippen LogP contribution is -2.56. The summed E-state index contributed by atoms with van der Waals surface area (Å²) in [5.41, 5.74) is 1.50. The molecular weight excluding hydrogens is 422 g/mol. The van der Waals surface area contributed by atoms with Crippen molar-refractivity contribution in [2.75, 3.05) is 50.8 Å². The van der Waals surface area contributed by atoms with Gasteiger partial charge in [0.05, 0.1) is 25.8 Å². The van der Waals surface area contributed by atoms with Crippen molar-refractivity contribution in [3.8, 4) is 0 Å². The first kappa shape index (κ1) is 22.0. The Morgan fingerprint density at radius 1 is 1.19 bits per heavy atom. The standard InChI is InChI=1S/C20H30ClN7O3/c1-4-27-15(12-25-5-6-28(20(29)30)14(11-25)13(2)3)22-16-17(23-19(21)24-18(16)27)26-7-9-31-10-8-26/h13-14H,4-12H2,1-3H3,(H,29,30)/t14-/m1/s1. The maximum absolute atomic E-state index is 11.6. The van der Waals surface area contributed by atoms with Crippen molar-refractivity contribution in [1.29, 1.82) is 0 Å². The van der Waals surface area contributed by atoms with Crippen LogP contribution in [0.1, 0.15) is 26.6 Å². The number of nitrogens with zero attached hydrogens (tertiary/aromatic N) is 7. The Balaban J connectivity index is 1.64. The Morgan fingerprint density at radius 3 is 2.58 bits per heavy atom. The highest BCUT2D eigenvalue weighted by molar-refractivity contribution is 6.28. The van der Waals surface area contributed by atoms with Crippen molar-refractivity contribution in [2.24, 2.45) is 5.92 Å². The Labute approximate surface area is 186 Å². The van der Waals surface area contributed by atoms with E-state index in [1.165, 1.54) is 0 Å². The number of amides is 1. The predicted octanol–water partition coefficient (Wildman–Crippen LogP) is 2.16. The summed E-state index contributed by atoms with van der Waals surface area (Å²) < 4.78 is 7.56. The van der Waals surface area contributed by atoms with Gasteiger partial charge in [-0.15, -0.1) is 0 Å². The summed E-state index contributed by atoms with van der Waals surface area (Å²) in [6, 6.07) is -0.0381. The monoisotopic (exact) mass is 451 g/mol. The quantitative estimate of drug-likeness (QED) is 0.690. The number of piperazine rings is 1. The lowest BCUT2D eigenvalue weighted by Gasteiger charge is -2.41. The summed E-state index contributed by atoms with van der Waals surface area (Å²) in [7, 11) is 0. The van der Waals surface area contributed by atoms with E-state index in [1.54, 1.807) is 4.90 Å². The van der Waals surface area contributed by atoms with E-state index in [1.807, 2.05) is 0 Å². The fourth-order valence-electron chi connectivity index (χ4n) is 4.48. The molecule has 0 aromatic carbocycles. The molecule has 2 aromatic rings. The molecule has 1 atom stereocenters. The van der Waals surface area contributed by atoms with Crippen molar-refractivity contribution < 1.29 is 14.6 Å². The molecule has 0 spiro atoms. The average Bonchev–Trinajstić information content (AvgIpc) is 3.10. The number of carbonyl (C=O) groups is 1. The summed E-state index contributed by atoms with van der Waals surface area (Å²) in [5, 5.41) is 9.75. The number of ether oxygens (including phenoxy) is 1. The number of aromatic nitrogens is 4. The zero-order valence-corrected chi connectivity index (χ0v) is 19.0. The molecule has 2 aliphatic heterocycles. The summed E-state index contributed by atoms with van der Waals surface area (Å²) in [5.74, 6) is 1.89. The van der Waals surface area contributed by atoms with E-state index < -0.39 is 6.09 Å². The molecule has 0 aliphatic carbocycles. The van der Waals surface area contributed by atoms with Gasteiger partial charge in [0.1, 0.15) is 5.82 Å². The van der Waals surface area contributed by atoms with Gasteiger partial charge in [-0.2, -0.15) is 9.97 Å². The van der Waals surface area contributed by atoms with E-state index in [0.717, 1.165) is 35.9 Å². The molecule has 11 heteroatoms. The van der Waals surface area contributed by atoms with Crippen LogP contribution in [0, 0.1) is 5.92 Å². The van der Waals surface area contributed by atoms with Gasteiger partial charge in [0, 0.05) is 39.3 Å². The number of fused-ring (bicyclic) bond motifs is 1. The summed E-state index contributed by atoms with van der Waals surface area (Å²) in [4.78, 5) is 31.5. The largest absolute Gasteiger partial charge is 0.465 e. The van der Waals surface area contributed by atoms with Gasteiger partial charge in [-0.25, -0.2) is 9.78 Å². The molecule has 0 bridgehead atoms. The van der Waals surface area contributed by atoms with Gasteiger partial charge in [0.25, 0.3) is 0 Å². The molecule has 31 heavy (non-hydrogen) atoms. The van der Waals surface area contributed by atoms with Gasteiger partial charge in [0.2, 0.25) is 5.28 Å². The number of hydrogen-bond donors (Lipinski definition) is 1. The second-order valence-corrected chi connectivity index (χ2v) is 8.72. The molecule has 2 aliphatic rings. The Morgan fingerprint density at radius 2 is 1.94 bits per heavy atom. The van der Waals surface area contributed by atoms with Crippen molar-refractivity contribution in [3.63, 3.8) is 0 Å². The third-order valence-corrected chi connectivity index (χ3v) is 6.31. The van der Waals surface area contributed by atoms with Crippen LogP contribution in [0.15, 0.2) is 0 Å². The molecule has 170 valence electrons. The Hall–Kier alpha value is -2.17. The highest BCUT2D eigenvalue weighted by atomic mass is 35.5. The fraction of sp³-hybridized carbons (Fsp3) is 0.700. The minimum atomic E-state index is -0.848. The molecule has 0 saturated carbocycles. The Kier molecular flexibility index (Phi) is 6.49. The number of carboxylic acid groups (broad SMARTS) is 1. The number of halogens is 1. The molecule has 1 N–H and O–H groups in total. The van der Waals surface area contributed by atoms with Crippen molar-refractivity contribution in [2.45, 2.75) is 39.9 Å². The van der Waals surface area contributed by atoms with Crippen LogP contribution < -0.4 is 4.90 Å². The van der Waals surface area contributed by atoms with Gasteiger partial charge < -0.3 is 24.2 Å². The second kappa shape index (κ2) is 9.13. The van der Waals surface area contributed by atoms with Crippen LogP contribution in [-0.4, -0.2) is 92.5 Å². The first-order valence-corrected chi connectivity index (χ1v) is 11.2. The molecule has 2 saturated heterocycles. The summed E-state index contributed by atoms with van der Waals surface area (Å²) in [6.07, 6.45) is -0.848. The van der Waals surface area contributed by atoms with Crippen LogP contribution in [0.2, 0.25) is 5.28 Å². The van der Waals surface area contributed by atoms with Crippen LogP contribution in [0.25, 0.3) is 11.2 Å². The van der Waals surface area contributed by atoms with Crippen molar-refractivity contribution in [3.05, 3.63) is 11.1 Å². The lowest BCUT2D eigenvalue weighted by molar-refractivity contribution is 0.0451. The SMILES string of the molecule is CCn1c(CN2CCN(C(=O)O)[C@@H](C(C)C)C2)nc2c(N3CCOCC3)nc(Cl)nc21. The maximum atomic E-state index is 11.6. The summed E-state index contributed by atoms with van der Waals surface area (Å²) >= 11 is 6.28. The van der Waals surface area contributed by atoms with Gasteiger partial charge in [-0.1, -0.05) is 13.8 Å². The lowest BCUT2D eigenvalue weighted by atomic mass is 10.00. The second-order valence-electron chi connectivity index (χ2n) is 8.38. The van der Waals surface area contributed by atoms with Gasteiger partial charge in [-0.05, 0) is 24.4 Å². The smallest absolute Gasteiger partial charge is 0.407 e. The zero-order chi connectivity index (χ0) is 22.1. The number of imidazole rings is 1. The number of aryl methyl sites for hydroxylation is 1.